The Hall–Kier alpha value is -2.38. The fourth-order valence-electron chi connectivity index (χ4n) is 2.05. The van der Waals surface area contributed by atoms with Crippen LogP contribution in [0.3, 0.4) is 0 Å². The molecule has 0 saturated carbocycles. The Bertz CT molecular complexity index is 656. The zero-order valence-electron chi connectivity index (χ0n) is 14.1. The van der Waals surface area contributed by atoms with Gasteiger partial charge in [-0.05, 0) is 42.1 Å². The number of ether oxygens (including phenoxy) is 2. The minimum absolute atomic E-state index is 0.0848. The molecule has 0 fully saturated rings. The maximum atomic E-state index is 11.9. The summed E-state index contributed by atoms with van der Waals surface area (Å²) in [5.41, 5.74) is 0.715. The predicted octanol–water partition coefficient (Wildman–Crippen LogP) is 2.92. The van der Waals surface area contributed by atoms with Crippen molar-refractivity contribution in [2.45, 2.75) is 12.8 Å². The van der Waals surface area contributed by atoms with Gasteiger partial charge in [0.25, 0.3) is 5.91 Å². The van der Waals surface area contributed by atoms with Crippen molar-refractivity contribution < 1.29 is 19.1 Å². The minimum atomic E-state index is -0.0977. The van der Waals surface area contributed by atoms with Gasteiger partial charge in [-0.15, -0.1) is 11.3 Å². The summed E-state index contributed by atoms with van der Waals surface area (Å²) in [4.78, 5) is 24.3. The topological polar surface area (TPSA) is 76.7 Å². The van der Waals surface area contributed by atoms with Crippen LogP contribution in [0.2, 0.25) is 0 Å². The second-order valence-corrected chi connectivity index (χ2v) is 6.20. The van der Waals surface area contributed by atoms with Crippen molar-refractivity contribution in [3.63, 3.8) is 0 Å². The lowest BCUT2D eigenvalue weighted by Gasteiger charge is -2.08. The Morgan fingerprint density at radius 1 is 1.12 bits per heavy atom. The molecule has 0 aliphatic heterocycles. The molecule has 0 bridgehead atoms. The molecule has 0 spiro atoms. The number of nitrogens with one attached hydrogen (secondary N) is 2. The SMILES string of the molecule is COCCOc1ccc(NC(=O)CCCNC(=O)c2cccs2)cc1. The first-order valence-electron chi connectivity index (χ1n) is 8.02. The van der Waals surface area contributed by atoms with Gasteiger partial charge in [-0.25, -0.2) is 0 Å². The highest BCUT2D eigenvalue weighted by Crippen LogP contribution is 2.16. The van der Waals surface area contributed by atoms with Crippen LogP contribution in [-0.2, 0) is 9.53 Å². The number of hydrogen-bond acceptors (Lipinski definition) is 5. The van der Waals surface area contributed by atoms with Gasteiger partial charge in [-0.1, -0.05) is 6.07 Å². The van der Waals surface area contributed by atoms with E-state index in [0.29, 0.717) is 43.2 Å². The molecular formula is C18H22N2O4S. The minimum Gasteiger partial charge on any atom is -0.491 e. The van der Waals surface area contributed by atoms with Crippen LogP contribution >= 0.6 is 11.3 Å². The lowest BCUT2D eigenvalue weighted by Crippen LogP contribution is -2.24. The normalized spacial score (nSPS) is 10.3. The summed E-state index contributed by atoms with van der Waals surface area (Å²) in [6.45, 7) is 1.48. The molecule has 2 rings (SSSR count). The lowest BCUT2D eigenvalue weighted by molar-refractivity contribution is -0.116. The van der Waals surface area contributed by atoms with E-state index < -0.39 is 0 Å². The molecule has 0 atom stereocenters. The molecule has 25 heavy (non-hydrogen) atoms. The third kappa shape index (κ3) is 6.94. The monoisotopic (exact) mass is 362 g/mol. The van der Waals surface area contributed by atoms with Crippen molar-refractivity contribution in [1.82, 2.24) is 5.32 Å². The van der Waals surface area contributed by atoms with Gasteiger partial charge < -0.3 is 20.1 Å². The largest absolute Gasteiger partial charge is 0.491 e. The van der Waals surface area contributed by atoms with E-state index in [1.165, 1.54) is 11.3 Å². The summed E-state index contributed by atoms with van der Waals surface area (Å²) in [5, 5.41) is 7.48. The quantitative estimate of drug-likeness (QED) is 0.637. The lowest BCUT2D eigenvalue weighted by atomic mass is 10.2. The van der Waals surface area contributed by atoms with Crippen molar-refractivity contribution in [3.05, 3.63) is 46.7 Å². The number of anilines is 1. The summed E-state index contributed by atoms with van der Waals surface area (Å²) < 4.78 is 10.4. The number of methoxy groups -OCH3 is 1. The first kappa shape index (κ1) is 19.0. The fraction of sp³-hybridized carbons (Fsp3) is 0.333. The van der Waals surface area contributed by atoms with Crippen LogP contribution in [0.5, 0.6) is 5.75 Å². The van der Waals surface area contributed by atoms with Crippen LogP contribution in [0, 0.1) is 0 Å². The maximum Gasteiger partial charge on any atom is 0.261 e. The molecule has 2 aromatic rings. The first-order chi connectivity index (χ1) is 12.2. The van der Waals surface area contributed by atoms with Gasteiger partial charge in [0.1, 0.15) is 12.4 Å². The van der Waals surface area contributed by atoms with E-state index >= 15 is 0 Å². The van der Waals surface area contributed by atoms with Crippen molar-refractivity contribution in [1.29, 1.82) is 0 Å². The molecule has 6 nitrogen and oxygen atoms in total. The van der Waals surface area contributed by atoms with Gasteiger partial charge >= 0.3 is 0 Å². The Morgan fingerprint density at radius 2 is 1.92 bits per heavy atom. The predicted molar refractivity (Wildman–Crippen MR) is 98.3 cm³/mol. The summed E-state index contributed by atoms with van der Waals surface area (Å²) in [7, 11) is 1.62. The molecule has 0 unspecified atom stereocenters. The van der Waals surface area contributed by atoms with E-state index in [4.69, 9.17) is 9.47 Å². The average Bonchev–Trinajstić information content (AvgIpc) is 3.15. The van der Waals surface area contributed by atoms with Gasteiger partial charge in [-0.2, -0.15) is 0 Å². The van der Waals surface area contributed by atoms with E-state index in [1.54, 1.807) is 37.4 Å². The Balaban J connectivity index is 1.63. The summed E-state index contributed by atoms with van der Waals surface area (Å²) in [5.74, 6) is 0.546. The van der Waals surface area contributed by atoms with Crippen LogP contribution in [-0.4, -0.2) is 38.7 Å². The van der Waals surface area contributed by atoms with E-state index in [-0.39, 0.29) is 11.8 Å². The molecule has 0 aliphatic rings. The number of carbonyl (C=O) groups is 2. The molecule has 0 aliphatic carbocycles. The second-order valence-electron chi connectivity index (χ2n) is 5.25. The highest BCUT2D eigenvalue weighted by molar-refractivity contribution is 7.12. The van der Waals surface area contributed by atoms with E-state index in [2.05, 4.69) is 10.6 Å². The zero-order valence-corrected chi connectivity index (χ0v) is 14.9. The van der Waals surface area contributed by atoms with Crippen LogP contribution in [0.25, 0.3) is 0 Å². The average molecular weight is 362 g/mol. The Labute approximate surface area is 151 Å². The van der Waals surface area contributed by atoms with Crippen molar-refractivity contribution in [2.75, 3.05) is 32.2 Å². The van der Waals surface area contributed by atoms with Crippen LogP contribution < -0.4 is 15.4 Å². The zero-order chi connectivity index (χ0) is 17.9. The standard InChI is InChI=1S/C18H22N2O4S/c1-23-11-12-24-15-8-6-14(7-9-15)20-17(21)5-2-10-19-18(22)16-4-3-13-25-16/h3-4,6-9,13H,2,5,10-12H2,1H3,(H,19,22)(H,20,21). The number of carbonyl (C=O) groups excluding carboxylic acids is 2. The number of hydrogen-bond donors (Lipinski definition) is 2. The summed E-state index contributed by atoms with van der Waals surface area (Å²) >= 11 is 1.40. The summed E-state index contributed by atoms with van der Waals surface area (Å²) in [6, 6.07) is 10.8. The number of rotatable bonds is 10. The van der Waals surface area contributed by atoms with Gasteiger partial charge in [0.15, 0.2) is 0 Å². The molecule has 1 heterocycles. The molecule has 134 valence electrons. The van der Waals surface area contributed by atoms with Crippen LogP contribution in [0.15, 0.2) is 41.8 Å². The van der Waals surface area contributed by atoms with Crippen molar-refractivity contribution in [3.8, 4) is 5.75 Å². The van der Waals surface area contributed by atoms with Gasteiger partial charge in [0.05, 0.1) is 11.5 Å². The molecule has 2 N–H and O–H groups in total. The third-order valence-electron chi connectivity index (χ3n) is 3.31. The molecule has 1 aromatic carbocycles. The highest BCUT2D eigenvalue weighted by atomic mass is 32.1. The fourth-order valence-corrected chi connectivity index (χ4v) is 2.69. The number of amides is 2. The van der Waals surface area contributed by atoms with E-state index in [0.717, 1.165) is 5.75 Å². The molecule has 2 amide bonds. The highest BCUT2D eigenvalue weighted by Gasteiger charge is 2.06. The molecule has 7 heteroatoms. The Morgan fingerprint density at radius 3 is 2.60 bits per heavy atom. The van der Waals surface area contributed by atoms with Gasteiger partial charge in [0.2, 0.25) is 5.91 Å². The van der Waals surface area contributed by atoms with Crippen LogP contribution in [0.1, 0.15) is 22.5 Å². The third-order valence-corrected chi connectivity index (χ3v) is 4.17. The molecular weight excluding hydrogens is 340 g/mol. The molecule has 1 aromatic heterocycles. The van der Waals surface area contributed by atoms with E-state index in [9.17, 15) is 9.59 Å². The molecule has 0 radical (unpaired) electrons. The molecule has 0 saturated heterocycles. The van der Waals surface area contributed by atoms with Gasteiger partial charge in [0, 0.05) is 25.8 Å². The first-order valence-corrected chi connectivity index (χ1v) is 8.90. The van der Waals surface area contributed by atoms with Gasteiger partial charge in [-0.3, -0.25) is 9.59 Å². The second kappa shape index (κ2) is 10.5. The van der Waals surface area contributed by atoms with E-state index in [1.807, 2.05) is 11.4 Å². The number of benzene rings is 1. The maximum absolute atomic E-state index is 11.9. The Kier molecular flexibility index (Phi) is 7.94. The van der Waals surface area contributed by atoms with Crippen molar-refractivity contribution in [2.24, 2.45) is 0 Å². The summed E-state index contributed by atoms with van der Waals surface area (Å²) in [6.07, 6.45) is 0.929. The number of thiophene rings is 1. The van der Waals surface area contributed by atoms with Crippen molar-refractivity contribution >= 4 is 28.8 Å². The smallest absolute Gasteiger partial charge is 0.261 e. The van der Waals surface area contributed by atoms with Crippen LogP contribution in [0.4, 0.5) is 5.69 Å².